The number of aromatic nitrogens is 2. The maximum absolute atomic E-state index is 12.4. The van der Waals surface area contributed by atoms with Gasteiger partial charge in [0.1, 0.15) is 5.75 Å². The molecule has 0 bridgehead atoms. The van der Waals surface area contributed by atoms with Crippen molar-refractivity contribution in [1.29, 1.82) is 0 Å². The molecule has 0 aliphatic rings. The number of anilines is 1. The summed E-state index contributed by atoms with van der Waals surface area (Å²) in [5.41, 5.74) is 1.96. The molecule has 7 heteroatoms. The summed E-state index contributed by atoms with van der Waals surface area (Å²) < 4.78 is 16.4. The number of carbonyl (C=O) groups excluding carboxylic acids is 1. The highest BCUT2D eigenvalue weighted by Gasteiger charge is 2.13. The van der Waals surface area contributed by atoms with Crippen LogP contribution in [0, 0.1) is 0 Å². The molecule has 2 heterocycles. The van der Waals surface area contributed by atoms with E-state index in [0.29, 0.717) is 35.4 Å². The van der Waals surface area contributed by atoms with E-state index >= 15 is 0 Å². The molecule has 0 radical (unpaired) electrons. The van der Waals surface area contributed by atoms with Gasteiger partial charge in [-0.15, -0.1) is 10.2 Å². The zero-order chi connectivity index (χ0) is 20.1. The van der Waals surface area contributed by atoms with Gasteiger partial charge in [0.15, 0.2) is 5.76 Å². The van der Waals surface area contributed by atoms with Gasteiger partial charge in [0, 0.05) is 16.8 Å². The SMILES string of the molecule is CCCOc1ccc(C(=O)Nc2ccc(-c3nnc(-c4ccco4)o3)cc2)cc1. The van der Waals surface area contributed by atoms with E-state index in [1.807, 2.05) is 6.92 Å². The number of benzene rings is 2. The van der Waals surface area contributed by atoms with E-state index in [9.17, 15) is 4.79 Å². The predicted molar refractivity (Wildman–Crippen MR) is 108 cm³/mol. The molecule has 1 N–H and O–H groups in total. The number of amides is 1. The fourth-order valence-corrected chi connectivity index (χ4v) is 2.66. The van der Waals surface area contributed by atoms with Crippen LogP contribution in [-0.2, 0) is 0 Å². The zero-order valence-corrected chi connectivity index (χ0v) is 15.8. The average molecular weight is 389 g/mol. The quantitative estimate of drug-likeness (QED) is 0.476. The number of hydrogen-bond donors (Lipinski definition) is 1. The summed E-state index contributed by atoms with van der Waals surface area (Å²) in [6.45, 7) is 2.70. The largest absolute Gasteiger partial charge is 0.494 e. The van der Waals surface area contributed by atoms with Crippen molar-refractivity contribution in [2.24, 2.45) is 0 Å². The van der Waals surface area contributed by atoms with Crippen LogP contribution < -0.4 is 10.1 Å². The normalized spacial score (nSPS) is 10.7. The van der Waals surface area contributed by atoms with Crippen LogP contribution in [0.1, 0.15) is 23.7 Å². The third kappa shape index (κ3) is 4.35. The molecule has 1 amide bonds. The summed E-state index contributed by atoms with van der Waals surface area (Å²) in [5, 5.41) is 10.9. The number of nitrogens with zero attached hydrogens (tertiary/aromatic N) is 2. The first-order valence-electron chi connectivity index (χ1n) is 9.25. The summed E-state index contributed by atoms with van der Waals surface area (Å²) in [7, 11) is 0. The third-order valence-corrected chi connectivity index (χ3v) is 4.14. The molecule has 2 aromatic carbocycles. The molecule has 0 saturated carbocycles. The van der Waals surface area contributed by atoms with Crippen molar-refractivity contribution in [3.05, 3.63) is 72.5 Å². The Morgan fingerprint density at radius 1 is 1.00 bits per heavy atom. The fourth-order valence-electron chi connectivity index (χ4n) is 2.66. The van der Waals surface area contributed by atoms with Crippen molar-refractivity contribution in [2.45, 2.75) is 13.3 Å². The summed E-state index contributed by atoms with van der Waals surface area (Å²) in [6, 6.07) is 17.7. The highest BCUT2D eigenvalue weighted by molar-refractivity contribution is 6.04. The molecular weight excluding hydrogens is 370 g/mol. The number of nitrogens with one attached hydrogen (secondary N) is 1. The molecule has 0 atom stereocenters. The number of ether oxygens (including phenoxy) is 1. The highest BCUT2D eigenvalue weighted by Crippen LogP contribution is 2.25. The van der Waals surface area contributed by atoms with Crippen molar-refractivity contribution >= 4 is 11.6 Å². The second kappa shape index (κ2) is 8.43. The van der Waals surface area contributed by atoms with Crippen LogP contribution in [0.4, 0.5) is 5.69 Å². The Labute approximate surface area is 167 Å². The molecule has 4 rings (SSSR count). The topological polar surface area (TPSA) is 90.4 Å². The van der Waals surface area contributed by atoms with Crippen LogP contribution in [0.25, 0.3) is 23.1 Å². The Hall–Kier alpha value is -3.87. The van der Waals surface area contributed by atoms with Gasteiger partial charge in [-0.1, -0.05) is 6.92 Å². The van der Waals surface area contributed by atoms with Gasteiger partial charge in [-0.2, -0.15) is 0 Å². The molecule has 0 spiro atoms. The van der Waals surface area contributed by atoms with Crippen molar-refractivity contribution < 1.29 is 18.4 Å². The summed E-state index contributed by atoms with van der Waals surface area (Å²) in [6.07, 6.45) is 2.48. The summed E-state index contributed by atoms with van der Waals surface area (Å²) >= 11 is 0. The lowest BCUT2D eigenvalue weighted by Crippen LogP contribution is -2.11. The molecule has 146 valence electrons. The molecular formula is C22H19N3O4. The number of carbonyl (C=O) groups is 1. The van der Waals surface area contributed by atoms with Gasteiger partial charge >= 0.3 is 0 Å². The van der Waals surface area contributed by atoms with E-state index in [4.69, 9.17) is 13.6 Å². The van der Waals surface area contributed by atoms with E-state index in [0.717, 1.165) is 17.7 Å². The number of rotatable bonds is 7. The molecule has 29 heavy (non-hydrogen) atoms. The third-order valence-electron chi connectivity index (χ3n) is 4.14. The molecule has 0 aliphatic carbocycles. The van der Waals surface area contributed by atoms with Gasteiger partial charge < -0.3 is 18.9 Å². The molecule has 0 fully saturated rings. The van der Waals surface area contributed by atoms with E-state index < -0.39 is 0 Å². The Bertz CT molecular complexity index is 1070. The van der Waals surface area contributed by atoms with Crippen molar-refractivity contribution in [3.8, 4) is 28.9 Å². The van der Waals surface area contributed by atoms with Gasteiger partial charge in [0.2, 0.25) is 5.89 Å². The fraction of sp³-hybridized carbons (Fsp3) is 0.136. The van der Waals surface area contributed by atoms with E-state index in [2.05, 4.69) is 15.5 Å². The smallest absolute Gasteiger partial charge is 0.283 e. The number of hydrogen-bond acceptors (Lipinski definition) is 6. The van der Waals surface area contributed by atoms with Crippen molar-refractivity contribution in [2.75, 3.05) is 11.9 Å². The van der Waals surface area contributed by atoms with Crippen LogP contribution in [0.15, 0.2) is 75.8 Å². The lowest BCUT2D eigenvalue weighted by Gasteiger charge is -2.07. The monoisotopic (exact) mass is 389 g/mol. The van der Waals surface area contributed by atoms with E-state index in [1.165, 1.54) is 0 Å². The van der Waals surface area contributed by atoms with Crippen LogP contribution in [0.3, 0.4) is 0 Å². The lowest BCUT2D eigenvalue weighted by atomic mass is 10.1. The Morgan fingerprint density at radius 2 is 1.76 bits per heavy atom. The molecule has 4 aromatic rings. The zero-order valence-electron chi connectivity index (χ0n) is 15.8. The van der Waals surface area contributed by atoms with Gasteiger partial charge in [-0.3, -0.25) is 4.79 Å². The maximum Gasteiger partial charge on any atom is 0.283 e. The van der Waals surface area contributed by atoms with Gasteiger partial charge in [0.25, 0.3) is 11.8 Å². The first-order chi connectivity index (χ1) is 14.2. The van der Waals surface area contributed by atoms with E-state index in [1.54, 1.807) is 66.9 Å². The molecule has 2 aromatic heterocycles. The Kier molecular flexibility index (Phi) is 5.38. The van der Waals surface area contributed by atoms with Gasteiger partial charge in [-0.05, 0) is 67.1 Å². The van der Waals surface area contributed by atoms with Crippen LogP contribution in [-0.4, -0.2) is 22.7 Å². The Morgan fingerprint density at radius 3 is 2.45 bits per heavy atom. The standard InChI is InChI=1S/C22H19N3O4/c1-2-13-27-18-11-7-15(8-12-18)20(26)23-17-9-5-16(6-10-17)21-24-25-22(29-21)19-4-3-14-28-19/h3-12,14H,2,13H2,1H3,(H,23,26). The molecule has 0 saturated heterocycles. The highest BCUT2D eigenvalue weighted by atomic mass is 16.5. The molecule has 0 unspecified atom stereocenters. The van der Waals surface area contributed by atoms with E-state index in [-0.39, 0.29) is 5.91 Å². The van der Waals surface area contributed by atoms with Gasteiger partial charge in [-0.25, -0.2) is 0 Å². The van der Waals surface area contributed by atoms with Crippen LogP contribution in [0.5, 0.6) is 5.75 Å². The number of furan rings is 1. The lowest BCUT2D eigenvalue weighted by molar-refractivity contribution is 0.102. The Balaban J connectivity index is 1.41. The van der Waals surface area contributed by atoms with Crippen LogP contribution >= 0.6 is 0 Å². The summed E-state index contributed by atoms with van der Waals surface area (Å²) in [5.74, 6) is 1.75. The van der Waals surface area contributed by atoms with Crippen LogP contribution in [0.2, 0.25) is 0 Å². The van der Waals surface area contributed by atoms with Crippen molar-refractivity contribution in [1.82, 2.24) is 10.2 Å². The minimum atomic E-state index is -0.197. The minimum absolute atomic E-state index is 0.197. The minimum Gasteiger partial charge on any atom is -0.494 e. The average Bonchev–Trinajstić information content (AvgIpc) is 3.45. The second-order valence-corrected chi connectivity index (χ2v) is 6.29. The van der Waals surface area contributed by atoms with Crippen molar-refractivity contribution in [3.63, 3.8) is 0 Å². The maximum atomic E-state index is 12.4. The first kappa shape index (κ1) is 18.5. The molecule has 0 aliphatic heterocycles. The second-order valence-electron chi connectivity index (χ2n) is 6.29. The van der Waals surface area contributed by atoms with Gasteiger partial charge in [0.05, 0.1) is 12.9 Å². The molecule has 7 nitrogen and oxygen atoms in total. The predicted octanol–water partition coefficient (Wildman–Crippen LogP) is 5.04. The summed E-state index contributed by atoms with van der Waals surface area (Å²) in [4.78, 5) is 12.4. The first-order valence-corrected chi connectivity index (χ1v) is 9.25.